The highest BCUT2D eigenvalue weighted by Crippen LogP contribution is 2.31. The summed E-state index contributed by atoms with van der Waals surface area (Å²) in [6, 6.07) is 14.5. The van der Waals surface area contributed by atoms with Crippen LogP contribution in [0.4, 0.5) is 0 Å². The molecule has 0 radical (unpaired) electrons. The number of oxazole rings is 1. The Hall–Kier alpha value is -3.80. The van der Waals surface area contributed by atoms with Gasteiger partial charge in [-0.25, -0.2) is 4.98 Å². The lowest BCUT2D eigenvalue weighted by Crippen LogP contribution is -2.29. The molecule has 2 aromatic heterocycles. The largest absolute Gasteiger partial charge is 0.436 e. The predicted octanol–water partition coefficient (Wildman–Crippen LogP) is 3.99. The van der Waals surface area contributed by atoms with Crippen molar-refractivity contribution >= 4 is 22.9 Å². The zero-order valence-corrected chi connectivity index (χ0v) is 15.0. The van der Waals surface area contributed by atoms with Gasteiger partial charge in [0.25, 0.3) is 11.8 Å². The van der Waals surface area contributed by atoms with Crippen molar-refractivity contribution < 1.29 is 14.0 Å². The van der Waals surface area contributed by atoms with Crippen molar-refractivity contribution in [1.29, 1.82) is 0 Å². The number of fused-ring (bicyclic) bond motifs is 2. The summed E-state index contributed by atoms with van der Waals surface area (Å²) in [4.78, 5) is 35.3. The van der Waals surface area contributed by atoms with Crippen molar-refractivity contribution in [3.05, 3.63) is 83.2 Å². The molecule has 0 fully saturated rings. The number of amides is 2. The molecule has 28 heavy (non-hydrogen) atoms. The number of hydrogen-bond donors (Lipinski definition) is 0. The summed E-state index contributed by atoms with van der Waals surface area (Å²) >= 11 is 0. The molecule has 4 aromatic rings. The molecule has 6 heteroatoms. The van der Waals surface area contributed by atoms with E-state index in [1.165, 1.54) is 4.90 Å². The van der Waals surface area contributed by atoms with Gasteiger partial charge in [0.15, 0.2) is 5.58 Å². The predicted molar refractivity (Wildman–Crippen MR) is 103 cm³/mol. The summed E-state index contributed by atoms with van der Waals surface area (Å²) in [6.45, 7) is 2.18. The molecule has 0 unspecified atom stereocenters. The van der Waals surface area contributed by atoms with Gasteiger partial charge < -0.3 is 4.42 Å². The summed E-state index contributed by atoms with van der Waals surface area (Å²) in [6.07, 6.45) is 3.30. The van der Waals surface area contributed by atoms with Crippen LogP contribution >= 0.6 is 0 Å². The maximum atomic E-state index is 12.8. The van der Waals surface area contributed by atoms with Gasteiger partial charge in [0, 0.05) is 18.0 Å². The Kier molecular flexibility index (Phi) is 3.58. The highest BCUT2D eigenvalue weighted by atomic mass is 16.3. The van der Waals surface area contributed by atoms with Gasteiger partial charge >= 0.3 is 0 Å². The van der Waals surface area contributed by atoms with Gasteiger partial charge in [0.05, 0.1) is 17.7 Å². The van der Waals surface area contributed by atoms with E-state index in [1.807, 2.05) is 31.2 Å². The van der Waals surface area contributed by atoms with E-state index in [4.69, 9.17) is 4.42 Å². The van der Waals surface area contributed by atoms with Crippen molar-refractivity contribution in [1.82, 2.24) is 14.9 Å². The van der Waals surface area contributed by atoms with E-state index in [9.17, 15) is 9.59 Å². The second kappa shape index (κ2) is 6.13. The van der Waals surface area contributed by atoms with Gasteiger partial charge in [-0.3, -0.25) is 19.5 Å². The molecule has 0 atom stereocenters. The Morgan fingerprint density at radius 1 is 1.00 bits per heavy atom. The number of hydrogen-bond acceptors (Lipinski definition) is 5. The first-order chi connectivity index (χ1) is 13.6. The molecular formula is C22H15N3O3. The normalized spacial score (nSPS) is 13.4. The topological polar surface area (TPSA) is 76.3 Å². The number of nitrogens with zero attached hydrogens (tertiary/aromatic N) is 3. The average molecular weight is 369 g/mol. The number of pyridine rings is 1. The molecule has 2 amide bonds. The first kappa shape index (κ1) is 16.4. The Labute approximate surface area is 160 Å². The minimum Gasteiger partial charge on any atom is -0.436 e. The molecule has 6 nitrogen and oxygen atoms in total. The van der Waals surface area contributed by atoms with E-state index in [0.29, 0.717) is 28.2 Å². The first-order valence-electron chi connectivity index (χ1n) is 8.87. The van der Waals surface area contributed by atoms with Crippen LogP contribution in [0.15, 0.2) is 65.3 Å². The average Bonchev–Trinajstić information content (AvgIpc) is 3.23. The number of carbonyl (C=O) groups excluding carboxylic acids is 2. The van der Waals surface area contributed by atoms with Crippen molar-refractivity contribution in [3.63, 3.8) is 0 Å². The Balaban J connectivity index is 1.51. The van der Waals surface area contributed by atoms with Gasteiger partial charge in [0.2, 0.25) is 5.89 Å². The Bertz CT molecular complexity index is 1240. The van der Waals surface area contributed by atoms with Crippen LogP contribution in [-0.4, -0.2) is 26.7 Å². The fraction of sp³-hybridized carbons (Fsp3) is 0.0909. The lowest BCUT2D eigenvalue weighted by molar-refractivity contribution is 0.0642. The van der Waals surface area contributed by atoms with Crippen LogP contribution in [0, 0.1) is 6.92 Å². The molecule has 2 aromatic carbocycles. The van der Waals surface area contributed by atoms with Crippen LogP contribution in [0.3, 0.4) is 0 Å². The highest BCUT2D eigenvalue weighted by Gasteiger charge is 2.36. The fourth-order valence-electron chi connectivity index (χ4n) is 3.40. The lowest BCUT2D eigenvalue weighted by atomic mass is 10.1. The number of imide groups is 1. The second-order valence-electron chi connectivity index (χ2n) is 6.81. The third-order valence-electron chi connectivity index (χ3n) is 4.83. The molecule has 3 heterocycles. The van der Waals surface area contributed by atoms with Crippen molar-refractivity contribution in [2.75, 3.05) is 0 Å². The van der Waals surface area contributed by atoms with Crippen LogP contribution in [0.25, 0.3) is 22.6 Å². The smallest absolute Gasteiger partial charge is 0.261 e. The maximum absolute atomic E-state index is 12.8. The molecule has 0 saturated carbocycles. The number of rotatable bonds is 3. The van der Waals surface area contributed by atoms with Gasteiger partial charge in [-0.05, 0) is 54.4 Å². The van der Waals surface area contributed by atoms with Crippen LogP contribution in [0.5, 0.6) is 0 Å². The SMILES string of the molecule is Cc1ccc2nc(-c3ccc4c(c3)C(=O)N(Cc3cccnc3)C4=O)oc2c1. The first-order valence-corrected chi connectivity index (χ1v) is 8.87. The zero-order valence-electron chi connectivity index (χ0n) is 15.0. The van der Waals surface area contributed by atoms with Gasteiger partial charge in [-0.2, -0.15) is 0 Å². The minimum absolute atomic E-state index is 0.192. The molecule has 0 saturated heterocycles. The van der Waals surface area contributed by atoms with Gasteiger partial charge in [-0.1, -0.05) is 12.1 Å². The number of benzene rings is 2. The monoisotopic (exact) mass is 369 g/mol. The molecular weight excluding hydrogens is 354 g/mol. The van der Waals surface area contributed by atoms with E-state index < -0.39 is 0 Å². The standard InChI is InChI=1S/C22H15N3O3/c1-13-4-7-18-19(9-13)28-20(24-18)15-5-6-16-17(10-15)22(27)25(21(16)26)12-14-3-2-8-23-11-14/h2-11H,12H2,1H3. The zero-order chi connectivity index (χ0) is 19.3. The number of carbonyl (C=O) groups is 2. The van der Waals surface area contributed by atoms with E-state index in [2.05, 4.69) is 9.97 Å². The number of aromatic nitrogens is 2. The van der Waals surface area contributed by atoms with Crippen molar-refractivity contribution in [2.45, 2.75) is 13.5 Å². The lowest BCUT2D eigenvalue weighted by Gasteiger charge is -2.13. The summed E-state index contributed by atoms with van der Waals surface area (Å²) in [7, 11) is 0. The van der Waals surface area contributed by atoms with E-state index in [-0.39, 0.29) is 18.4 Å². The third kappa shape index (κ3) is 2.58. The molecule has 0 spiro atoms. The van der Waals surface area contributed by atoms with E-state index in [1.54, 1.807) is 36.7 Å². The minimum atomic E-state index is -0.322. The molecule has 1 aliphatic rings. The van der Waals surface area contributed by atoms with Crippen LogP contribution in [0.2, 0.25) is 0 Å². The molecule has 136 valence electrons. The maximum Gasteiger partial charge on any atom is 0.261 e. The van der Waals surface area contributed by atoms with Crippen molar-refractivity contribution in [2.24, 2.45) is 0 Å². The fourth-order valence-corrected chi connectivity index (χ4v) is 3.40. The molecule has 0 bridgehead atoms. The van der Waals surface area contributed by atoms with E-state index >= 15 is 0 Å². The Morgan fingerprint density at radius 3 is 2.68 bits per heavy atom. The summed E-state index contributed by atoms with van der Waals surface area (Å²) in [5, 5.41) is 0. The van der Waals surface area contributed by atoms with Gasteiger partial charge in [0.1, 0.15) is 5.52 Å². The van der Waals surface area contributed by atoms with Crippen LogP contribution < -0.4 is 0 Å². The molecule has 0 N–H and O–H groups in total. The summed E-state index contributed by atoms with van der Waals surface area (Å²) in [5.74, 6) is -0.199. The summed E-state index contributed by atoms with van der Waals surface area (Å²) in [5.41, 5.74) is 4.74. The van der Waals surface area contributed by atoms with E-state index in [0.717, 1.165) is 16.6 Å². The van der Waals surface area contributed by atoms with Crippen molar-refractivity contribution in [3.8, 4) is 11.5 Å². The number of aryl methyl sites for hydroxylation is 1. The quantitative estimate of drug-likeness (QED) is 0.510. The Morgan fingerprint density at radius 2 is 1.86 bits per heavy atom. The third-order valence-corrected chi connectivity index (χ3v) is 4.83. The highest BCUT2D eigenvalue weighted by molar-refractivity contribution is 6.21. The second-order valence-corrected chi connectivity index (χ2v) is 6.81. The van der Waals surface area contributed by atoms with Crippen LogP contribution in [-0.2, 0) is 6.54 Å². The molecule has 5 rings (SSSR count). The molecule has 0 aliphatic carbocycles. The summed E-state index contributed by atoms with van der Waals surface area (Å²) < 4.78 is 5.85. The molecule has 1 aliphatic heterocycles. The van der Waals surface area contributed by atoms with Crippen LogP contribution in [0.1, 0.15) is 31.8 Å². The van der Waals surface area contributed by atoms with Gasteiger partial charge in [-0.15, -0.1) is 0 Å².